The highest BCUT2D eigenvalue weighted by Crippen LogP contribution is 2.12. The fourth-order valence-electron chi connectivity index (χ4n) is 1.58. The predicted molar refractivity (Wildman–Crippen MR) is 62.6 cm³/mol. The van der Waals surface area contributed by atoms with Gasteiger partial charge in [-0.05, 0) is 23.3 Å². The maximum absolute atomic E-state index is 11.5. The minimum Gasteiger partial charge on any atom is -0.464 e. The van der Waals surface area contributed by atoms with Gasteiger partial charge in [0, 0.05) is 25.0 Å². The van der Waals surface area contributed by atoms with E-state index >= 15 is 0 Å². The van der Waals surface area contributed by atoms with Gasteiger partial charge in [0.25, 0.3) is 0 Å². The van der Waals surface area contributed by atoms with Crippen LogP contribution in [-0.2, 0) is 11.2 Å². The monoisotopic (exact) mass is 228 g/mol. The Bertz CT molecular complexity index is 512. The molecule has 2 aromatic rings. The van der Waals surface area contributed by atoms with Crippen molar-refractivity contribution in [2.24, 2.45) is 0 Å². The number of esters is 1. The lowest BCUT2D eigenvalue weighted by Crippen LogP contribution is -2.08. The molecule has 0 unspecified atom stereocenters. The predicted octanol–water partition coefficient (Wildman–Crippen LogP) is 1.85. The van der Waals surface area contributed by atoms with E-state index in [1.807, 2.05) is 18.2 Å². The van der Waals surface area contributed by atoms with E-state index in [0.717, 1.165) is 11.1 Å². The molecule has 0 aliphatic carbocycles. The standard InChI is InChI=1S/C13H12N2O2/c1-17-13(16)12-11(5-3-7-15-12)8-10-4-2-6-14-9-10/h2-7,9H,8H2,1H3. The van der Waals surface area contributed by atoms with Crippen molar-refractivity contribution < 1.29 is 9.53 Å². The number of aromatic nitrogens is 2. The van der Waals surface area contributed by atoms with E-state index in [4.69, 9.17) is 4.74 Å². The van der Waals surface area contributed by atoms with Crippen molar-refractivity contribution >= 4 is 5.97 Å². The average molecular weight is 228 g/mol. The molecule has 0 bridgehead atoms. The van der Waals surface area contributed by atoms with Crippen LogP contribution in [0.15, 0.2) is 42.9 Å². The van der Waals surface area contributed by atoms with Gasteiger partial charge in [0.15, 0.2) is 5.69 Å². The fourth-order valence-corrected chi connectivity index (χ4v) is 1.58. The Labute approximate surface area is 99.3 Å². The van der Waals surface area contributed by atoms with Crippen LogP contribution in [0.2, 0.25) is 0 Å². The number of hydrogen-bond donors (Lipinski definition) is 0. The molecular weight excluding hydrogens is 216 g/mol. The van der Waals surface area contributed by atoms with Crippen LogP contribution >= 0.6 is 0 Å². The summed E-state index contributed by atoms with van der Waals surface area (Å²) in [7, 11) is 1.35. The second-order valence-corrected chi connectivity index (χ2v) is 3.54. The van der Waals surface area contributed by atoms with Crippen molar-refractivity contribution in [3.63, 3.8) is 0 Å². The molecule has 0 saturated carbocycles. The smallest absolute Gasteiger partial charge is 0.356 e. The molecule has 2 aromatic heterocycles. The Balaban J connectivity index is 2.30. The van der Waals surface area contributed by atoms with Crippen LogP contribution in [0.1, 0.15) is 21.6 Å². The Morgan fingerprint density at radius 2 is 2.12 bits per heavy atom. The summed E-state index contributed by atoms with van der Waals surface area (Å²) in [6.07, 6.45) is 5.69. The molecule has 2 rings (SSSR count). The summed E-state index contributed by atoms with van der Waals surface area (Å²) in [6.45, 7) is 0. The van der Waals surface area contributed by atoms with Crippen molar-refractivity contribution in [3.8, 4) is 0 Å². The summed E-state index contributed by atoms with van der Waals surface area (Å²) in [5.41, 5.74) is 2.23. The molecule has 17 heavy (non-hydrogen) atoms. The summed E-state index contributed by atoms with van der Waals surface area (Å²) in [5, 5.41) is 0. The van der Waals surface area contributed by atoms with E-state index in [-0.39, 0.29) is 0 Å². The van der Waals surface area contributed by atoms with Crippen LogP contribution in [-0.4, -0.2) is 23.0 Å². The van der Waals surface area contributed by atoms with E-state index in [1.54, 1.807) is 24.7 Å². The number of rotatable bonds is 3. The maximum atomic E-state index is 11.5. The van der Waals surface area contributed by atoms with Crippen LogP contribution in [0, 0.1) is 0 Å². The molecule has 86 valence electrons. The van der Waals surface area contributed by atoms with Crippen LogP contribution in [0.3, 0.4) is 0 Å². The molecule has 2 heterocycles. The van der Waals surface area contributed by atoms with Gasteiger partial charge in [-0.3, -0.25) is 4.98 Å². The lowest BCUT2D eigenvalue weighted by Gasteiger charge is -2.06. The Kier molecular flexibility index (Phi) is 3.45. The van der Waals surface area contributed by atoms with Crippen LogP contribution in [0.4, 0.5) is 0 Å². The summed E-state index contributed by atoms with van der Waals surface area (Å²) < 4.78 is 4.70. The molecule has 0 saturated heterocycles. The largest absolute Gasteiger partial charge is 0.464 e. The SMILES string of the molecule is COC(=O)c1ncccc1Cc1cccnc1. The topological polar surface area (TPSA) is 52.1 Å². The molecule has 0 aliphatic rings. The maximum Gasteiger partial charge on any atom is 0.356 e. The van der Waals surface area contributed by atoms with Gasteiger partial charge in [0.05, 0.1) is 7.11 Å². The van der Waals surface area contributed by atoms with Crippen LogP contribution in [0.25, 0.3) is 0 Å². The van der Waals surface area contributed by atoms with E-state index in [2.05, 4.69) is 9.97 Å². The average Bonchev–Trinajstić information content (AvgIpc) is 2.40. The molecule has 0 atom stereocenters. The highest BCUT2D eigenvalue weighted by Gasteiger charge is 2.12. The van der Waals surface area contributed by atoms with Gasteiger partial charge in [-0.25, -0.2) is 9.78 Å². The number of ether oxygens (including phenoxy) is 1. The fraction of sp³-hybridized carbons (Fsp3) is 0.154. The third-order valence-corrected chi connectivity index (χ3v) is 2.39. The molecule has 0 N–H and O–H groups in total. The molecular formula is C13H12N2O2. The van der Waals surface area contributed by atoms with E-state index in [0.29, 0.717) is 12.1 Å². The summed E-state index contributed by atoms with van der Waals surface area (Å²) in [5.74, 6) is -0.413. The van der Waals surface area contributed by atoms with E-state index in [1.165, 1.54) is 7.11 Å². The van der Waals surface area contributed by atoms with Gasteiger partial charge < -0.3 is 4.74 Å². The van der Waals surface area contributed by atoms with E-state index < -0.39 is 5.97 Å². The quantitative estimate of drug-likeness (QED) is 0.752. The Hall–Kier alpha value is -2.23. The van der Waals surface area contributed by atoms with E-state index in [9.17, 15) is 4.79 Å². The summed E-state index contributed by atoms with van der Waals surface area (Å²) >= 11 is 0. The van der Waals surface area contributed by atoms with Gasteiger partial charge in [0.1, 0.15) is 0 Å². The highest BCUT2D eigenvalue weighted by atomic mass is 16.5. The zero-order chi connectivity index (χ0) is 12.1. The number of hydrogen-bond acceptors (Lipinski definition) is 4. The van der Waals surface area contributed by atoms with Gasteiger partial charge in [0.2, 0.25) is 0 Å². The third kappa shape index (κ3) is 2.66. The second kappa shape index (κ2) is 5.21. The van der Waals surface area contributed by atoms with Crippen molar-refractivity contribution in [2.75, 3.05) is 7.11 Å². The highest BCUT2D eigenvalue weighted by molar-refractivity contribution is 5.88. The number of nitrogens with zero attached hydrogens (tertiary/aromatic N) is 2. The lowest BCUT2D eigenvalue weighted by atomic mass is 10.1. The molecule has 0 aliphatic heterocycles. The van der Waals surface area contributed by atoms with Gasteiger partial charge in [-0.15, -0.1) is 0 Å². The van der Waals surface area contributed by atoms with Crippen LogP contribution < -0.4 is 0 Å². The third-order valence-electron chi connectivity index (χ3n) is 2.39. The Morgan fingerprint density at radius 1 is 1.29 bits per heavy atom. The molecule has 4 heteroatoms. The van der Waals surface area contributed by atoms with Crippen molar-refractivity contribution in [2.45, 2.75) is 6.42 Å². The first kappa shape index (κ1) is 11.3. The molecule has 0 aromatic carbocycles. The zero-order valence-electron chi connectivity index (χ0n) is 9.46. The minimum atomic E-state index is -0.413. The number of pyridine rings is 2. The normalized spacial score (nSPS) is 9.94. The second-order valence-electron chi connectivity index (χ2n) is 3.54. The number of carbonyl (C=O) groups is 1. The van der Waals surface area contributed by atoms with Crippen molar-refractivity contribution in [1.82, 2.24) is 9.97 Å². The first-order valence-electron chi connectivity index (χ1n) is 5.22. The van der Waals surface area contributed by atoms with Crippen molar-refractivity contribution in [1.29, 1.82) is 0 Å². The summed E-state index contributed by atoms with van der Waals surface area (Å²) in [4.78, 5) is 19.6. The number of methoxy groups -OCH3 is 1. The van der Waals surface area contributed by atoms with Crippen LogP contribution in [0.5, 0.6) is 0 Å². The minimum absolute atomic E-state index is 0.360. The zero-order valence-corrected chi connectivity index (χ0v) is 9.46. The van der Waals surface area contributed by atoms with Gasteiger partial charge in [-0.2, -0.15) is 0 Å². The molecule has 0 spiro atoms. The molecule has 4 nitrogen and oxygen atoms in total. The number of carbonyl (C=O) groups excluding carboxylic acids is 1. The Morgan fingerprint density at radius 3 is 2.82 bits per heavy atom. The van der Waals surface area contributed by atoms with Gasteiger partial charge in [-0.1, -0.05) is 12.1 Å². The molecule has 0 fully saturated rings. The first-order valence-corrected chi connectivity index (χ1v) is 5.22. The van der Waals surface area contributed by atoms with Gasteiger partial charge >= 0.3 is 5.97 Å². The summed E-state index contributed by atoms with van der Waals surface area (Å²) in [6, 6.07) is 7.50. The van der Waals surface area contributed by atoms with Crippen molar-refractivity contribution in [3.05, 3.63) is 59.7 Å². The first-order chi connectivity index (χ1) is 8.31. The lowest BCUT2D eigenvalue weighted by molar-refractivity contribution is 0.0593. The molecule has 0 amide bonds. The molecule has 0 radical (unpaired) electrons.